The SMILES string of the molecule is CCOc1cc(NC(=O)NC(CO)c2ncc[nH]2)ccc1[N+](=O)[O-]. The lowest BCUT2D eigenvalue weighted by Gasteiger charge is -2.15. The van der Waals surface area contributed by atoms with Gasteiger partial charge in [-0.25, -0.2) is 9.78 Å². The number of imidazole rings is 1. The van der Waals surface area contributed by atoms with Crippen molar-refractivity contribution in [1.29, 1.82) is 0 Å². The Morgan fingerprint density at radius 3 is 2.92 bits per heavy atom. The van der Waals surface area contributed by atoms with Crippen molar-refractivity contribution >= 4 is 17.4 Å². The second-order valence-corrected chi connectivity index (χ2v) is 4.68. The molecule has 4 N–H and O–H groups in total. The summed E-state index contributed by atoms with van der Waals surface area (Å²) in [6.45, 7) is 1.61. The molecule has 0 aliphatic rings. The molecule has 1 heterocycles. The highest BCUT2D eigenvalue weighted by atomic mass is 16.6. The van der Waals surface area contributed by atoms with Gasteiger partial charge in [-0.15, -0.1) is 0 Å². The van der Waals surface area contributed by atoms with Crippen LogP contribution in [-0.4, -0.2) is 39.2 Å². The summed E-state index contributed by atoms with van der Waals surface area (Å²) in [6, 6.07) is 2.70. The number of carbonyl (C=O) groups is 1. The number of aromatic amines is 1. The largest absolute Gasteiger partial charge is 0.487 e. The van der Waals surface area contributed by atoms with Gasteiger partial charge in [-0.2, -0.15) is 0 Å². The zero-order valence-corrected chi connectivity index (χ0v) is 12.9. The van der Waals surface area contributed by atoms with Crippen molar-refractivity contribution in [3.8, 4) is 5.75 Å². The molecule has 2 aromatic rings. The van der Waals surface area contributed by atoms with Crippen LogP contribution in [0.3, 0.4) is 0 Å². The molecule has 2 rings (SSSR count). The smallest absolute Gasteiger partial charge is 0.319 e. The standard InChI is InChI=1S/C14H17N5O5/c1-2-24-12-7-9(3-4-11(12)19(22)23)17-14(21)18-10(8-20)13-15-5-6-16-13/h3-7,10,20H,2,8H2,1H3,(H,15,16)(H2,17,18,21). The van der Waals surface area contributed by atoms with E-state index in [2.05, 4.69) is 20.6 Å². The molecule has 0 aliphatic heterocycles. The van der Waals surface area contributed by atoms with E-state index in [9.17, 15) is 20.0 Å². The fourth-order valence-electron chi connectivity index (χ4n) is 2.01. The Morgan fingerprint density at radius 1 is 1.54 bits per heavy atom. The molecule has 2 amide bonds. The predicted octanol–water partition coefficient (Wildman–Crippen LogP) is 1.57. The molecular weight excluding hydrogens is 318 g/mol. The van der Waals surface area contributed by atoms with Crippen LogP contribution in [0.15, 0.2) is 30.6 Å². The number of nitro groups is 1. The van der Waals surface area contributed by atoms with E-state index in [1.165, 1.54) is 24.4 Å². The number of nitrogens with zero attached hydrogens (tertiary/aromatic N) is 2. The number of anilines is 1. The lowest BCUT2D eigenvalue weighted by atomic mass is 10.2. The van der Waals surface area contributed by atoms with E-state index >= 15 is 0 Å². The van der Waals surface area contributed by atoms with E-state index in [1.807, 2.05) is 0 Å². The van der Waals surface area contributed by atoms with Gasteiger partial charge in [-0.3, -0.25) is 10.1 Å². The summed E-state index contributed by atoms with van der Waals surface area (Å²) in [5, 5.41) is 25.3. The molecule has 10 heteroatoms. The molecule has 1 aromatic heterocycles. The first-order valence-electron chi connectivity index (χ1n) is 7.14. The van der Waals surface area contributed by atoms with Crippen molar-refractivity contribution in [3.63, 3.8) is 0 Å². The summed E-state index contributed by atoms with van der Waals surface area (Å²) in [5.74, 6) is 0.469. The van der Waals surface area contributed by atoms with Crippen molar-refractivity contribution in [2.75, 3.05) is 18.5 Å². The molecule has 1 atom stereocenters. The molecule has 0 saturated carbocycles. The number of aliphatic hydroxyl groups is 1. The van der Waals surface area contributed by atoms with Crippen molar-refractivity contribution < 1.29 is 19.6 Å². The summed E-state index contributed by atoms with van der Waals surface area (Å²) in [4.78, 5) is 29.1. The van der Waals surface area contributed by atoms with Gasteiger partial charge in [-0.1, -0.05) is 0 Å². The van der Waals surface area contributed by atoms with E-state index in [0.717, 1.165) is 0 Å². The Bertz CT molecular complexity index is 704. The molecule has 10 nitrogen and oxygen atoms in total. The molecule has 0 spiro atoms. The Kier molecular flexibility index (Phi) is 5.68. The number of amides is 2. The normalized spacial score (nSPS) is 11.6. The van der Waals surface area contributed by atoms with Crippen LogP contribution in [-0.2, 0) is 0 Å². The van der Waals surface area contributed by atoms with Crippen LogP contribution < -0.4 is 15.4 Å². The number of hydrogen-bond donors (Lipinski definition) is 4. The summed E-state index contributed by atoms with van der Waals surface area (Å²) in [5.41, 5.74) is 0.129. The Hall–Kier alpha value is -3.14. The molecule has 0 aliphatic carbocycles. The third-order valence-electron chi connectivity index (χ3n) is 3.05. The molecule has 0 bridgehead atoms. The zero-order valence-electron chi connectivity index (χ0n) is 12.9. The molecule has 128 valence electrons. The van der Waals surface area contributed by atoms with Gasteiger partial charge in [0.2, 0.25) is 0 Å². The third kappa shape index (κ3) is 4.20. The maximum absolute atomic E-state index is 12.0. The van der Waals surface area contributed by atoms with Crippen LogP contribution in [0.4, 0.5) is 16.2 Å². The van der Waals surface area contributed by atoms with Crippen LogP contribution in [0.5, 0.6) is 5.75 Å². The van der Waals surface area contributed by atoms with Gasteiger partial charge in [0.15, 0.2) is 5.75 Å². The highest BCUT2D eigenvalue weighted by molar-refractivity contribution is 5.90. The number of aromatic nitrogens is 2. The Morgan fingerprint density at radius 2 is 2.33 bits per heavy atom. The number of nitrogens with one attached hydrogen (secondary N) is 3. The second-order valence-electron chi connectivity index (χ2n) is 4.68. The van der Waals surface area contributed by atoms with Crippen LogP contribution in [0.25, 0.3) is 0 Å². The minimum Gasteiger partial charge on any atom is -0.487 e. The average molecular weight is 335 g/mol. The van der Waals surface area contributed by atoms with Gasteiger partial charge in [0.25, 0.3) is 0 Å². The van der Waals surface area contributed by atoms with E-state index in [1.54, 1.807) is 13.1 Å². The Labute approximate surface area is 137 Å². The number of benzene rings is 1. The number of nitro benzene ring substituents is 1. The molecule has 1 aromatic carbocycles. The lowest BCUT2D eigenvalue weighted by Crippen LogP contribution is -2.35. The predicted molar refractivity (Wildman–Crippen MR) is 84.8 cm³/mol. The topological polar surface area (TPSA) is 142 Å². The maximum atomic E-state index is 12.0. The molecule has 0 saturated heterocycles. The van der Waals surface area contributed by atoms with Gasteiger partial charge in [-0.05, 0) is 13.0 Å². The van der Waals surface area contributed by atoms with Gasteiger partial charge >= 0.3 is 11.7 Å². The first kappa shape index (κ1) is 17.2. The number of urea groups is 1. The number of hydrogen-bond acceptors (Lipinski definition) is 6. The molecule has 24 heavy (non-hydrogen) atoms. The number of rotatable bonds is 7. The third-order valence-corrected chi connectivity index (χ3v) is 3.05. The van der Waals surface area contributed by atoms with Crippen LogP contribution >= 0.6 is 0 Å². The lowest BCUT2D eigenvalue weighted by molar-refractivity contribution is -0.385. The fourth-order valence-corrected chi connectivity index (χ4v) is 2.01. The van der Waals surface area contributed by atoms with Crippen LogP contribution in [0.2, 0.25) is 0 Å². The minimum absolute atomic E-state index is 0.0602. The van der Waals surface area contributed by atoms with Crippen molar-refractivity contribution in [2.45, 2.75) is 13.0 Å². The van der Waals surface area contributed by atoms with Crippen LogP contribution in [0, 0.1) is 10.1 Å². The van der Waals surface area contributed by atoms with Gasteiger partial charge in [0, 0.05) is 30.2 Å². The highest BCUT2D eigenvalue weighted by Crippen LogP contribution is 2.30. The summed E-state index contributed by atoms with van der Waals surface area (Å²) >= 11 is 0. The van der Waals surface area contributed by atoms with Crippen LogP contribution in [0.1, 0.15) is 18.8 Å². The van der Waals surface area contributed by atoms with E-state index < -0.39 is 17.0 Å². The van der Waals surface area contributed by atoms with Gasteiger partial charge in [0.1, 0.15) is 11.9 Å². The monoisotopic (exact) mass is 335 g/mol. The quantitative estimate of drug-likeness (QED) is 0.447. The van der Waals surface area contributed by atoms with E-state index in [-0.39, 0.29) is 24.7 Å². The molecule has 0 radical (unpaired) electrons. The Balaban J connectivity index is 2.08. The molecule has 0 fully saturated rings. The maximum Gasteiger partial charge on any atom is 0.319 e. The number of carbonyl (C=O) groups excluding carboxylic acids is 1. The van der Waals surface area contributed by atoms with Gasteiger partial charge in [0.05, 0.1) is 18.1 Å². The molecular formula is C14H17N5O5. The zero-order chi connectivity index (χ0) is 17.5. The van der Waals surface area contributed by atoms with Crippen molar-refractivity contribution in [1.82, 2.24) is 15.3 Å². The first-order chi connectivity index (χ1) is 11.5. The minimum atomic E-state index is -0.704. The van der Waals surface area contributed by atoms with Crippen molar-refractivity contribution in [2.24, 2.45) is 0 Å². The average Bonchev–Trinajstić information content (AvgIpc) is 3.07. The number of ether oxygens (including phenoxy) is 1. The fraction of sp³-hybridized carbons (Fsp3) is 0.286. The van der Waals surface area contributed by atoms with E-state index in [4.69, 9.17) is 4.74 Å². The highest BCUT2D eigenvalue weighted by Gasteiger charge is 2.18. The summed E-state index contributed by atoms with van der Waals surface area (Å²) in [7, 11) is 0. The van der Waals surface area contributed by atoms with Crippen molar-refractivity contribution in [3.05, 3.63) is 46.5 Å². The summed E-state index contributed by atoms with van der Waals surface area (Å²) < 4.78 is 5.21. The first-order valence-corrected chi connectivity index (χ1v) is 7.14. The number of H-pyrrole nitrogens is 1. The molecule has 1 unspecified atom stereocenters. The van der Waals surface area contributed by atoms with E-state index in [0.29, 0.717) is 11.5 Å². The summed E-state index contributed by atoms with van der Waals surface area (Å²) in [6.07, 6.45) is 3.07. The number of aliphatic hydroxyl groups excluding tert-OH is 1. The van der Waals surface area contributed by atoms with Gasteiger partial charge < -0.3 is 25.5 Å². The second kappa shape index (κ2) is 7.92.